The second-order valence-electron chi connectivity index (χ2n) is 4.97. The van der Waals surface area contributed by atoms with E-state index in [0.29, 0.717) is 17.9 Å². The summed E-state index contributed by atoms with van der Waals surface area (Å²) < 4.78 is 0. The number of carbonyl (C=O) groups is 3. The van der Waals surface area contributed by atoms with Gasteiger partial charge in [-0.25, -0.2) is 9.78 Å². The fourth-order valence-electron chi connectivity index (χ4n) is 2.19. The first-order valence-corrected chi connectivity index (χ1v) is 7.53. The summed E-state index contributed by atoms with van der Waals surface area (Å²) in [6, 6.07) is 1.37. The molecule has 3 N–H and O–H groups in total. The highest BCUT2D eigenvalue weighted by Gasteiger charge is 2.27. The minimum Gasteiger partial charge on any atom is -0.465 e. The van der Waals surface area contributed by atoms with Gasteiger partial charge in [-0.3, -0.25) is 20.4 Å². The van der Waals surface area contributed by atoms with Crippen molar-refractivity contribution in [2.45, 2.75) is 12.8 Å². The van der Waals surface area contributed by atoms with E-state index >= 15 is 0 Å². The summed E-state index contributed by atoms with van der Waals surface area (Å²) in [5.41, 5.74) is 4.47. The van der Waals surface area contributed by atoms with Gasteiger partial charge < -0.3 is 10.0 Å². The van der Waals surface area contributed by atoms with Gasteiger partial charge in [-0.15, -0.1) is 0 Å². The Kier molecular flexibility index (Phi) is 5.62. The highest BCUT2D eigenvalue weighted by atomic mass is 35.5. The monoisotopic (exact) mass is 360 g/mol. The molecular weight excluding hydrogens is 347 g/mol. The molecule has 0 aromatic carbocycles. The van der Waals surface area contributed by atoms with Crippen LogP contribution in [-0.2, 0) is 4.79 Å². The molecule has 2 heterocycles. The molecule has 0 atom stereocenters. The Labute approximate surface area is 141 Å². The van der Waals surface area contributed by atoms with Gasteiger partial charge in [-0.1, -0.05) is 23.2 Å². The molecule has 1 saturated heterocycles. The van der Waals surface area contributed by atoms with Crippen molar-refractivity contribution in [1.82, 2.24) is 20.7 Å². The van der Waals surface area contributed by atoms with Crippen molar-refractivity contribution in [3.63, 3.8) is 0 Å². The molecule has 23 heavy (non-hydrogen) atoms. The number of pyridine rings is 1. The summed E-state index contributed by atoms with van der Waals surface area (Å²) >= 11 is 11.5. The van der Waals surface area contributed by atoms with Crippen LogP contribution in [0.2, 0.25) is 10.0 Å². The topological polar surface area (TPSA) is 112 Å². The normalized spacial score (nSPS) is 15.1. The highest BCUT2D eigenvalue weighted by Crippen LogP contribution is 2.19. The predicted molar refractivity (Wildman–Crippen MR) is 82.2 cm³/mol. The zero-order valence-corrected chi connectivity index (χ0v) is 13.4. The van der Waals surface area contributed by atoms with Crippen LogP contribution in [0.25, 0.3) is 0 Å². The average Bonchev–Trinajstić information content (AvgIpc) is 2.52. The summed E-state index contributed by atoms with van der Waals surface area (Å²) in [6.07, 6.45) is 1.06. The second kappa shape index (κ2) is 7.47. The van der Waals surface area contributed by atoms with Gasteiger partial charge in [-0.2, -0.15) is 0 Å². The number of piperidine rings is 1. The summed E-state index contributed by atoms with van der Waals surface area (Å²) in [5.74, 6) is -1.41. The minimum atomic E-state index is -0.999. The van der Waals surface area contributed by atoms with Gasteiger partial charge in [0, 0.05) is 25.2 Å². The molecule has 0 unspecified atom stereocenters. The molecule has 0 radical (unpaired) electrons. The SMILES string of the molecule is O=C(NNC(=O)C1CCN(C(=O)O)CC1)c1ncc(Cl)cc1Cl. The fraction of sp³-hybridized carbons (Fsp3) is 0.385. The minimum absolute atomic E-state index is 0.0583. The van der Waals surface area contributed by atoms with Gasteiger partial charge in [0.1, 0.15) is 5.69 Å². The van der Waals surface area contributed by atoms with Crippen molar-refractivity contribution in [3.05, 3.63) is 28.0 Å². The highest BCUT2D eigenvalue weighted by molar-refractivity contribution is 6.36. The van der Waals surface area contributed by atoms with E-state index in [1.165, 1.54) is 17.2 Å². The first-order valence-electron chi connectivity index (χ1n) is 6.77. The van der Waals surface area contributed by atoms with E-state index in [2.05, 4.69) is 15.8 Å². The predicted octanol–water partition coefficient (Wildman–Crippen LogP) is 1.54. The van der Waals surface area contributed by atoms with Gasteiger partial charge in [0.2, 0.25) is 5.91 Å². The Morgan fingerprint density at radius 2 is 1.87 bits per heavy atom. The van der Waals surface area contributed by atoms with E-state index in [0.717, 1.165) is 0 Å². The van der Waals surface area contributed by atoms with Crippen LogP contribution in [0.4, 0.5) is 4.79 Å². The number of nitrogens with zero attached hydrogens (tertiary/aromatic N) is 2. The maximum absolute atomic E-state index is 12.0. The van der Waals surface area contributed by atoms with E-state index in [4.69, 9.17) is 28.3 Å². The Bertz CT molecular complexity index is 632. The summed E-state index contributed by atoms with van der Waals surface area (Å²) in [5, 5.41) is 9.21. The maximum Gasteiger partial charge on any atom is 0.407 e. The number of likely N-dealkylation sites (tertiary alicyclic amines) is 1. The molecule has 0 aliphatic carbocycles. The molecule has 1 aromatic rings. The summed E-state index contributed by atoms with van der Waals surface area (Å²) in [4.78, 5) is 39.7. The van der Waals surface area contributed by atoms with Crippen LogP contribution >= 0.6 is 23.2 Å². The zero-order valence-electron chi connectivity index (χ0n) is 11.9. The molecule has 0 saturated carbocycles. The lowest BCUT2D eigenvalue weighted by Gasteiger charge is -2.29. The first kappa shape index (κ1) is 17.3. The molecular formula is C13H14Cl2N4O4. The van der Waals surface area contributed by atoms with Crippen LogP contribution in [-0.4, -0.2) is 46.0 Å². The molecule has 1 aliphatic rings. The number of carboxylic acid groups (broad SMARTS) is 1. The van der Waals surface area contributed by atoms with Gasteiger partial charge in [-0.05, 0) is 18.9 Å². The molecule has 3 amide bonds. The number of nitrogens with one attached hydrogen (secondary N) is 2. The average molecular weight is 361 g/mol. The van der Waals surface area contributed by atoms with Gasteiger partial charge in [0.25, 0.3) is 5.91 Å². The molecule has 124 valence electrons. The largest absolute Gasteiger partial charge is 0.465 e. The standard InChI is InChI=1S/C13H14Cl2N4O4/c14-8-5-9(15)10(16-6-8)12(21)18-17-11(20)7-1-3-19(4-2-7)13(22)23/h5-7H,1-4H2,(H,17,20)(H,18,21)(H,22,23). The van der Waals surface area contributed by atoms with Gasteiger partial charge >= 0.3 is 6.09 Å². The first-order chi connectivity index (χ1) is 10.9. The molecule has 0 bridgehead atoms. The van der Waals surface area contributed by atoms with E-state index in [1.54, 1.807) is 0 Å². The van der Waals surface area contributed by atoms with E-state index in [-0.39, 0.29) is 35.6 Å². The number of aromatic nitrogens is 1. The third-order valence-electron chi connectivity index (χ3n) is 3.46. The maximum atomic E-state index is 12.0. The Hall–Kier alpha value is -2.06. The lowest BCUT2D eigenvalue weighted by molar-refractivity contribution is -0.127. The lowest BCUT2D eigenvalue weighted by Crippen LogP contribution is -2.48. The van der Waals surface area contributed by atoms with Crippen LogP contribution in [0, 0.1) is 5.92 Å². The van der Waals surface area contributed by atoms with Gasteiger partial charge in [0.15, 0.2) is 0 Å². The van der Waals surface area contributed by atoms with Crippen molar-refractivity contribution in [2.75, 3.05) is 13.1 Å². The van der Waals surface area contributed by atoms with Crippen molar-refractivity contribution in [1.29, 1.82) is 0 Å². The van der Waals surface area contributed by atoms with Crippen LogP contribution in [0.5, 0.6) is 0 Å². The molecule has 10 heteroatoms. The third-order valence-corrected chi connectivity index (χ3v) is 3.95. The van der Waals surface area contributed by atoms with E-state index in [1.807, 2.05) is 0 Å². The van der Waals surface area contributed by atoms with Crippen LogP contribution < -0.4 is 10.9 Å². The second-order valence-corrected chi connectivity index (χ2v) is 5.81. The molecule has 8 nitrogen and oxygen atoms in total. The molecule has 2 rings (SSSR count). The van der Waals surface area contributed by atoms with E-state index < -0.39 is 12.0 Å². The number of hydrazine groups is 1. The Morgan fingerprint density at radius 1 is 1.22 bits per heavy atom. The number of carbonyl (C=O) groups excluding carboxylic acids is 2. The Morgan fingerprint density at radius 3 is 2.43 bits per heavy atom. The molecule has 1 fully saturated rings. The third kappa shape index (κ3) is 4.46. The molecule has 1 aromatic heterocycles. The number of hydrogen-bond acceptors (Lipinski definition) is 4. The lowest BCUT2D eigenvalue weighted by atomic mass is 9.96. The van der Waals surface area contributed by atoms with Crippen molar-refractivity contribution in [3.8, 4) is 0 Å². The smallest absolute Gasteiger partial charge is 0.407 e. The number of halogens is 2. The Balaban J connectivity index is 1.85. The van der Waals surface area contributed by atoms with Gasteiger partial charge in [0.05, 0.1) is 10.0 Å². The molecule has 0 spiro atoms. The van der Waals surface area contributed by atoms with Crippen LogP contribution in [0.3, 0.4) is 0 Å². The van der Waals surface area contributed by atoms with Crippen LogP contribution in [0.1, 0.15) is 23.3 Å². The van der Waals surface area contributed by atoms with E-state index in [9.17, 15) is 14.4 Å². The summed E-state index contributed by atoms with van der Waals surface area (Å²) in [7, 11) is 0. The quantitative estimate of drug-likeness (QED) is 0.692. The van der Waals surface area contributed by atoms with Crippen molar-refractivity contribution in [2.24, 2.45) is 5.92 Å². The van der Waals surface area contributed by atoms with Crippen LogP contribution in [0.15, 0.2) is 12.3 Å². The number of hydrogen-bond donors (Lipinski definition) is 3. The number of rotatable bonds is 2. The van der Waals surface area contributed by atoms with Crippen molar-refractivity contribution < 1.29 is 19.5 Å². The van der Waals surface area contributed by atoms with Crippen molar-refractivity contribution >= 4 is 41.1 Å². The zero-order chi connectivity index (χ0) is 17.0. The summed E-state index contributed by atoms with van der Waals surface area (Å²) in [6.45, 7) is 0.567. The fourth-order valence-corrected chi connectivity index (χ4v) is 2.66. The number of amides is 3. The molecule has 1 aliphatic heterocycles.